The first-order chi connectivity index (χ1) is 7.63. The summed E-state index contributed by atoms with van der Waals surface area (Å²) in [4.78, 5) is 25.7. The van der Waals surface area contributed by atoms with Crippen LogP contribution in [0.1, 0.15) is 12.8 Å². The number of likely N-dealkylation sites (tertiary alicyclic amines) is 1. The third-order valence-corrected chi connectivity index (χ3v) is 3.08. The summed E-state index contributed by atoms with van der Waals surface area (Å²) in [5.41, 5.74) is 0. The van der Waals surface area contributed by atoms with Crippen molar-refractivity contribution in [1.82, 2.24) is 9.80 Å². The van der Waals surface area contributed by atoms with Crippen molar-refractivity contribution in [2.45, 2.75) is 18.9 Å². The van der Waals surface area contributed by atoms with Crippen LogP contribution in [0.3, 0.4) is 0 Å². The van der Waals surface area contributed by atoms with Gasteiger partial charge in [0, 0.05) is 25.7 Å². The number of urea groups is 1. The molecule has 6 nitrogen and oxygen atoms in total. The highest BCUT2D eigenvalue weighted by molar-refractivity contribution is 5.80. The maximum Gasteiger partial charge on any atom is 0.320 e. The molecule has 0 aromatic rings. The fourth-order valence-corrected chi connectivity index (χ4v) is 1.90. The van der Waals surface area contributed by atoms with E-state index in [2.05, 4.69) is 0 Å². The summed E-state index contributed by atoms with van der Waals surface area (Å²) in [7, 11) is 0. The monoisotopic (exact) mass is 228 g/mol. The minimum atomic E-state index is -0.843. The van der Waals surface area contributed by atoms with Crippen LogP contribution in [0.4, 0.5) is 4.79 Å². The molecule has 0 atom stereocenters. The molecule has 0 radical (unpaired) electrons. The molecule has 6 heteroatoms. The molecule has 2 N–H and O–H groups in total. The summed E-state index contributed by atoms with van der Waals surface area (Å²) in [6.45, 7) is 0.891. The third-order valence-electron chi connectivity index (χ3n) is 3.08. The second kappa shape index (κ2) is 4.29. The van der Waals surface area contributed by atoms with Gasteiger partial charge in [0.25, 0.3) is 0 Å². The Balaban J connectivity index is 1.85. The lowest BCUT2D eigenvalue weighted by Crippen LogP contribution is -2.57. The van der Waals surface area contributed by atoms with Gasteiger partial charge >= 0.3 is 12.0 Å². The molecule has 2 amide bonds. The van der Waals surface area contributed by atoms with Crippen LogP contribution in [0.2, 0.25) is 0 Å². The van der Waals surface area contributed by atoms with Gasteiger partial charge in [-0.3, -0.25) is 4.79 Å². The van der Waals surface area contributed by atoms with E-state index in [0.29, 0.717) is 19.6 Å². The van der Waals surface area contributed by atoms with Crippen molar-refractivity contribution in [2.75, 3.05) is 26.2 Å². The second-order valence-corrected chi connectivity index (χ2v) is 4.37. The van der Waals surface area contributed by atoms with E-state index >= 15 is 0 Å². The van der Waals surface area contributed by atoms with Gasteiger partial charge in [0.15, 0.2) is 0 Å². The van der Waals surface area contributed by atoms with Crippen molar-refractivity contribution in [3.8, 4) is 0 Å². The van der Waals surface area contributed by atoms with Crippen LogP contribution in [0.15, 0.2) is 0 Å². The number of rotatable bonds is 4. The number of carboxylic acid groups (broad SMARTS) is 1. The van der Waals surface area contributed by atoms with Gasteiger partial charge in [-0.05, 0) is 12.8 Å². The average Bonchev–Trinajstić information content (AvgIpc) is 2.93. The Kier molecular flexibility index (Phi) is 3.00. The summed E-state index contributed by atoms with van der Waals surface area (Å²) >= 11 is 0. The molecule has 0 aromatic carbocycles. The first kappa shape index (κ1) is 11.2. The molecular formula is C10H16N2O4. The maximum atomic E-state index is 11.9. The highest BCUT2D eigenvalue weighted by atomic mass is 16.4. The normalized spacial score (nSPS) is 20.4. The lowest BCUT2D eigenvalue weighted by molar-refractivity contribution is -0.146. The van der Waals surface area contributed by atoms with Crippen molar-refractivity contribution in [1.29, 1.82) is 0 Å². The number of carboxylic acids is 1. The molecular weight excluding hydrogens is 212 g/mol. The lowest BCUT2D eigenvalue weighted by atomic mass is 10.0. The number of hydrogen-bond donors (Lipinski definition) is 2. The first-order valence-electron chi connectivity index (χ1n) is 5.52. The van der Waals surface area contributed by atoms with Crippen LogP contribution in [0.5, 0.6) is 0 Å². The number of aliphatic hydroxyl groups excluding tert-OH is 1. The van der Waals surface area contributed by atoms with E-state index in [1.165, 1.54) is 4.90 Å². The van der Waals surface area contributed by atoms with Gasteiger partial charge in [-0.15, -0.1) is 0 Å². The molecule has 2 fully saturated rings. The van der Waals surface area contributed by atoms with E-state index < -0.39 is 11.9 Å². The van der Waals surface area contributed by atoms with Crippen molar-refractivity contribution in [2.24, 2.45) is 5.92 Å². The van der Waals surface area contributed by atoms with Crippen LogP contribution in [-0.4, -0.2) is 64.3 Å². The Labute approximate surface area is 93.4 Å². The Morgan fingerprint density at radius 1 is 1.31 bits per heavy atom. The maximum absolute atomic E-state index is 11.9. The molecule has 0 bridgehead atoms. The largest absolute Gasteiger partial charge is 0.481 e. The van der Waals surface area contributed by atoms with Crippen molar-refractivity contribution >= 4 is 12.0 Å². The van der Waals surface area contributed by atoms with Crippen LogP contribution >= 0.6 is 0 Å². The predicted molar refractivity (Wildman–Crippen MR) is 54.9 cm³/mol. The summed E-state index contributed by atoms with van der Waals surface area (Å²) in [6, 6.07) is 0.123. The Morgan fingerprint density at radius 2 is 1.94 bits per heavy atom. The molecule has 0 spiro atoms. The van der Waals surface area contributed by atoms with Crippen LogP contribution in [0.25, 0.3) is 0 Å². The minimum absolute atomic E-state index is 0.0432. The van der Waals surface area contributed by atoms with Crippen LogP contribution < -0.4 is 0 Å². The third kappa shape index (κ3) is 2.11. The number of hydrogen-bond acceptors (Lipinski definition) is 3. The zero-order chi connectivity index (χ0) is 11.7. The number of carbonyl (C=O) groups excluding carboxylic acids is 1. The van der Waals surface area contributed by atoms with Gasteiger partial charge in [0.1, 0.15) is 0 Å². The molecule has 1 saturated heterocycles. The van der Waals surface area contributed by atoms with Crippen LogP contribution in [0, 0.1) is 5.92 Å². The minimum Gasteiger partial charge on any atom is -0.481 e. The van der Waals surface area contributed by atoms with Gasteiger partial charge in [0.2, 0.25) is 0 Å². The van der Waals surface area contributed by atoms with Crippen molar-refractivity contribution < 1.29 is 19.8 Å². The summed E-state index contributed by atoms with van der Waals surface area (Å²) in [6.07, 6.45) is 1.98. The van der Waals surface area contributed by atoms with E-state index in [1.807, 2.05) is 0 Å². The topological polar surface area (TPSA) is 81.1 Å². The van der Waals surface area contributed by atoms with E-state index in [0.717, 1.165) is 12.8 Å². The summed E-state index contributed by atoms with van der Waals surface area (Å²) in [5.74, 6) is -1.26. The fraction of sp³-hybridized carbons (Fsp3) is 0.800. The summed E-state index contributed by atoms with van der Waals surface area (Å²) < 4.78 is 0. The zero-order valence-corrected chi connectivity index (χ0v) is 9.00. The van der Waals surface area contributed by atoms with E-state index in [4.69, 9.17) is 10.2 Å². The SMILES string of the molecule is O=C(O)C1CN(C(=O)N(CCO)C2CC2)C1. The van der Waals surface area contributed by atoms with E-state index in [9.17, 15) is 9.59 Å². The molecule has 2 rings (SSSR count). The van der Waals surface area contributed by atoms with Crippen molar-refractivity contribution in [3.63, 3.8) is 0 Å². The van der Waals surface area contributed by atoms with E-state index in [1.54, 1.807) is 4.90 Å². The van der Waals surface area contributed by atoms with Gasteiger partial charge in [0.05, 0.1) is 12.5 Å². The van der Waals surface area contributed by atoms with Crippen LogP contribution in [-0.2, 0) is 4.79 Å². The quantitative estimate of drug-likeness (QED) is 0.684. The summed E-state index contributed by atoms with van der Waals surface area (Å²) in [5, 5.41) is 17.6. The number of carbonyl (C=O) groups is 2. The number of nitrogens with zero attached hydrogens (tertiary/aromatic N) is 2. The van der Waals surface area contributed by atoms with Crippen molar-refractivity contribution in [3.05, 3.63) is 0 Å². The molecule has 2 aliphatic rings. The molecule has 1 saturated carbocycles. The molecule has 0 unspecified atom stereocenters. The number of amides is 2. The second-order valence-electron chi connectivity index (χ2n) is 4.37. The Hall–Kier alpha value is -1.30. The highest BCUT2D eigenvalue weighted by Crippen LogP contribution is 2.29. The molecule has 1 aliphatic carbocycles. The van der Waals surface area contributed by atoms with Gasteiger partial charge in [-0.2, -0.15) is 0 Å². The molecule has 90 valence electrons. The number of aliphatic hydroxyl groups is 1. The fourth-order valence-electron chi connectivity index (χ4n) is 1.90. The molecule has 16 heavy (non-hydrogen) atoms. The van der Waals surface area contributed by atoms with E-state index in [-0.39, 0.29) is 18.7 Å². The molecule has 1 heterocycles. The highest BCUT2D eigenvalue weighted by Gasteiger charge is 2.41. The molecule has 1 aliphatic heterocycles. The molecule has 0 aromatic heterocycles. The van der Waals surface area contributed by atoms with Gasteiger partial charge in [-0.1, -0.05) is 0 Å². The van der Waals surface area contributed by atoms with Gasteiger partial charge in [-0.25, -0.2) is 4.79 Å². The zero-order valence-electron chi connectivity index (χ0n) is 9.00. The predicted octanol–water partition coefficient (Wildman–Crippen LogP) is -0.421. The Morgan fingerprint density at radius 3 is 2.38 bits per heavy atom. The number of aliphatic carboxylic acids is 1. The van der Waals surface area contributed by atoms with Gasteiger partial charge < -0.3 is 20.0 Å². The Bertz CT molecular complexity index is 297. The smallest absolute Gasteiger partial charge is 0.320 e. The average molecular weight is 228 g/mol. The lowest BCUT2D eigenvalue weighted by Gasteiger charge is -2.40. The first-order valence-corrected chi connectivity index (χ1v) is 5.52. The standard InChI is InChI=1S/C10H16N2O4/c13-4-3-12(8-1-2-8)10(16)11-5-7(6-11)9(14)15/h7-8,13H,1-6H2,(H,14,15).